The van der Waals surface area contributed by atoms with Gasteiger partial charge >= 0.3 is 0 Å². The van der Waals surface area contributed by atoms with Crippen molar-refractivity contribution < 1.29 is 9.59 Å². The maximum Gasteiger partial charge on any atom is 0.251 e. The third kappa shape index (κ3) is 4.39. The van der Waals surface area contributed by atoms with Crippen molar-refractivity contribution in [2.45, 2.75) is 39.0 Å². The van der Waals surface area contributed by atoms with E-state index in [4.69, 9.17) is 5.73 Å². The Morgan fingerprint density at radius 3 is 2.50 bits per heavy atom. The first kappa shape index (κ1) is 18.5. The molecule has 128 valence electrons. The van der Waals surface area contributed by atoms with Gasteiger partial charge in [0.1, 0.15) is 5.00 Å². The molecule has 0 unspecified atom stereocenters. The van der Waals surface area contributed by atoms with E-state index in [0.29, 0.717) is 22.7 Å². The van der Waals surface area contributed by atoms with E-state index in [9.17, 15) is 9.59 Å². The third-order valence-electron chi connectivity index (χ3n) is 3.96. The molecule has 0 bridgehead atoms. The van der Waals surface area contributed by atoms with Crippen LogP contribution < -0.4 is 11.1 Å². The summed E-state index contributed by atoms with van der Waals surface area (Å²) in [7, 11) is 0. The molecule has 2 rings (SSSR count). The highest BCUT2D eigenvalue weighted by molar-refractivity contribution is 7.99. The summed E-state index contributed by atoms with van der Waals surface area (Å²) in [6, 6.07) is 6.30. The van der Waals surface area contributed by atoms with Crippen molar-refractivity contribution in [2.24, 2.45) is 5.73 Å². The van der Waals surface area contributed by atoms with Gasteiger partial charge in [0, 0.05) is 21.9 Å². The van der Waals surface area contributed by atoms with Gasteiger partial charge in [-0.1, -0.05) is 6.07 Å². The fraction of sp³-hybridized carbons (Fsp3) is 0.333. The van der Waals surface area contributed by atoms with Crippen molar-refractivity contribution in [3.8, 4) is 0 Å². The lowest BCUT2D eigenvalue weighted by atomic mass is 10.1. The molecule has 2 amide bonds. The summed E-state index contributed by atoms with van der Waals surface area (Å²) in [6.45, 7) is 7.92. The summed E-state index contributed by atoms with van der Waals surface area (Å²) in [5, 5.41) is 3.38. The van der Waals surface area contributed by atoms with Crippen LogP contribution in [0.4, 0.5) is 5.00 Å². The van der Waals surface area contributed by atoms with Gasteiger partial charge in [-0.05, 0) is 56.5 Å². The SMILES string of the molecule is Cc1ccc(SCCC(=O)Nc2sc(C)c(C)c2C(N)=O)cc1C. The normalized spacial score (nSPS) is 10.7. The van der Waals surface area contributed by atoms with Crippen LogP contribution in [0.2, 0.25) is 0 Å². The average Bonchev–Trinajstić information content (AvgIpc) is 2.77. The smallest absolute Gasteiger partial charge is 0.251 e. The van der Waals surface area contributed by atoms with Crippen LogP contribution in [0.3, 0.4) is 0 Å². The lowest BCUT2D eigenvalue weighted by molar-refractivity contribution is -0.115. The Morgan fingerprint density at radius 2 is 1.88 bits per heavy atom. The van der Waals surface area contributed by atoms with Gasteiger partial charge in [0.05, 0.1) is 5.56 Å². The number of carbonyl (C=O) groups excluding carboxylic acids is 2. The van der Waals surface area contributed by atoms with Gasteiger partial charge in [-0.25, -0.2) is 0 Å². The zero-order chi connectivity index (χ0) is 17.9. The van der Waals surface area contributed by atoms with Gasteiger partial charge in [-0.2, -0.15) is 0 Å². The molecule has 0 aliphatic carbocycles. The molecule has 0 saturated heterocycles. The highest BCUT2D eigenvalue weighted by Crippen LogP contribution is 2.32. The number of aryl methyl sites for hydroxylation is 3. The summed E-state index contributed by atoms with van der Waals surface area (Å²) in [4.78, 5) is 25.9. The van der Waals surface area contributed by atoms with Crippen molar-refractivity contribution >= 4 is 39.9 Å². The van der Waals surface area contributed by atoms with Crippen LogP contribution in [0.5, 0.6) is 0 Å². The molecule has 0 radical (unpaired) electrons. The summed E-state index contributed by atoms with van der Waals surface area (Å²) in [6.07, 6.45) is 0.381. The van der Waals surface area contributed by atoms with Crippen LogP contribution in [-0.4, -0.2) is 17.6 Å². The van der Waals surface area contributed by atoms with Gasteiger partial charge < -0.3 is 11.1 Å². The summed E-state index contributed by atoms with van der Waals surface area (Å²) in [5.41, 5.74) is 9.20. The molecule has 4 nitrogen and oxygen atoms in total. The highest BCUT2D eigenvalue weighted by atomic mass is 32.2. The second kappa shape index (κ2) is 7.85. The van der Waals surface area contributed by atoms with Gasteiger partial charge in [0.15, 0.2) is 0 Å². The van der Waals surface area contributed by atoms with E-state index < -0.39 is 5.91 Å². The van der Waals surface area contributed by atoms with Crippen LogP contribution in [0.15, 0.2) is 23.1 Å². The third-order valence-corrected chi connectivity index (χ3v) is 6.08. The molecule has 0 aliphatic heterocycles. The molecule has 0 saturated carbocycles. The highest BCUT2D eigenvalue weighted by Gasteiger charge is 2.18. The number of nitrogens with one attached hydrogen (secondary N) is 1. The van der Waals surface area contributed by atoms with Gasteiger partial charge in [-0.3, -0.25) is 9.59 Å². The second-order valence-electron chi connectivity index (χ2n) is 5.74. The zero-order valence-electron chi connectivity index (χ0n) is 14.4. The first-order valence-electron chi connectivity index (χ1n) is 7.69. The first-order chi connectivity index (χ1) is 11.3. The van der Waals surface area contributed by atoms with Gasteiger partial charge in [-0.15, -0.1) is 23.1 Å². The Balaban J connectivity index is 1.93. The molecule has 0 fully saturated rings. The number of primary amides is 1. The van der Waals surface area contributed by atoms with E-state index in [2.05, 4.69) is 37.4 Å². The molecular formula is C18H22N2O2S2. The second-order valence-corrected chi connectivity index (χ2v) is 8.14. The lowest BCUT2D eigenvalue weighted by Crippen LogP contribution is -2.17. The fourth-order valence-corrected chi connectivity index (χ4v) is 4.30. The molecular weight excluding hydrogens is 340 g/mol. The number of hydrogen-bond acceptors (Lipinski definition) is 4. The van der Waals surface area contributed by atoms with Crippen LogP contribution in [0.1, 0.15) is 38.3 Å². The minimum atomic E-state index is -0.503. The Bertz CT molecular complexity index is 782. The number of hydrogen-bond donors (Lipinski definition) is 2. The maximum atomic E-state index is 12.1. The largest absolute Gasteiger partial charge is 0.365 e. The van der Waals surface area contributed by atoms with Gasteiger partial charge in [0.2, 0.25) is 5.91 Å². The molecule has 6 heteroatoms. The molecule has 0 spiro atoms. The first-order valence-corrected chi connectivity index (χ1v) is 9.49. The molecule has 24 heavy (non-hydrogen) atoms. The topological polar surface area (TPSA) is 72.2 Å². The number of nitrogens with two attached hydrogens (primary N) is 1. The van der Waals surface area contributed by atoms with E-state index in [1.807, 2.05) is 13.8 Å². The minimum Gasteiger partial charge on any atom is -0.365 e. The molecule has 1 aromatic carbocycles. The Morgan fingerprint density at radius 1 is 1.17 bits per heavy atom. The van der Waals surface area contributed by atoms with Crippen molar-refractivity contribution in [2.75, 3.05) is 11.1 Å². The van der Waals surface area contributed by atoms with E-state index in [0.717, 1.165) is 15.3 Å². The number of anilines is 1. The van der Waals surface area contributed by atoms with Crippen molar-refractivity contribution in [3.05, 3.63) is 45.3 Å². The van der Waals surface area contributed by atoms with Crippen LogP contribution in [-0.2, 0) is 4.79 Å². The molecule has 2 aromatic rings. The number of benzene rings is 1. The predicted octanol–water partition coefficient (Wildman–Crippen LogP) is 4.20. The van der Waals surface area contributed by atoms with Crippen molar-refractivity contribution in [1.29, 1.82) is 0 Å². The van der Waals surface area contributed by atoms with Crippen LogP contribution in [0.25, 0.3) is 0 Å². The maximum absolute atomic E-state index is 12.1. The minimum absolute atomic E-state index is 0.102. The number of carbonyl (C=O) groups is 2. The molecule has 1 heterocycles. The Labute approximate surface area is 150 Å². The van der Waals surface area contributed by atoms with E-state index in [-0.39, 0.29) is 5.91 Å². The number of rotatable bonds is 6. The monoisotopic (exact) mass is 362 g/mol. The molecule has 1 aromatic heterocycles. The molecule has 0 aliphatic rings. The summed E-state index contributed by atoms with van der Waals surface area (Å²) < 4.78 is 0. The number of amides is 2. The van der Waals surface area contributed by atoms with E-state index in [1.54, 1.807) is 11.8 Å². The van der Waals surface area contributed by atoms with E-state index >= 15 is 0 Å². The van der Waals surface area contributed by atoms with Crippen LogP contribution >= 0.6 is 23.1 Å². The van der Waals surface area contributed by atoms with Crippen molar-refractivity contribution in [1.82, 2.24) is 0 Å². The Kier molecular flexibility index (Phi) is 6.07. The van der Waals surface area contributed by atoms with Gasteiger partial charge in [0.25, 0.3) is 5.91 Å². The number of thioether (sulfide) groups is 1. The summed E-state index contributed by atoms with van der Waals surface area (Å²) >= 11 is 3.04. The van der Waals surface area contributed by atoms with E-state index in [1.165, 1.54) is 22.5 Å². The molecule has 0 atom stereocenters. The lowest BCUT2D eigenvalue weighted by Gasteiger charge is -2.06. The average molecular weight is 363 g/mol. The fourth-order valence-electron chi connectivity index (χ4n) is 2.27. The zero-order valence-corrected chi connectivity index (χ0v) is 16.0. The predicted molar refractivity (Wildman–Crippen MR) is 102 cm³/mol. The van der Waals surface area contributed by atoms with Crippen molar-refractivity contribution in [3.63, 3.8) is 0 Å². The standard InChI is InChI=1S/C18H22N2O2S2/c1-10-5-6-14(9-11(10)2)23-8-7-15(21)20-18-16(17(19)22)12(3)13(4)24-18/h5-6,9H,7-8H2,1-4H3,(H2,19,22)(H,20,21). The summed E-state index contributed by atoms with van der Waals surface area (Å²) in [5.74, 6) is 0.0792. The number of thiophene rings is 1. The van der Waals surface area contributed by atoms with Crippen LogP contribution in [0, 0.1) is 27.7 Å². The quantitative estimate of drug-likeness (QED) is 0.756. The molecule has 3 N–H and O–H groups in total. The Hall–Kier alpha value is -1.79.